The number of fused-ring (bicyclic) bond motifs is 3. The summed E-state index contributed by atoms with van der Waals surface area (Å²) in [4.78, 5) is 32.3. The summed E-state index contributed by atoms with van der Waals surface area (Å²) in [6.45, 7) is 4.87. The molecular weight excluding hydrogens is 422 g/mol. The van der Waals surface area contributed by atoms with Crippen molar-refractivity contribution in [3.63, 3.8) is 0 Å². The van der Waals surface area contributed by atoms with Crippen LogP contribution in [0.2, 0.25) is 0 Å². The van der Waals surface area contributed by atoms with Gasteiger partial charge in [0, 0.05) is 20.1 Å². The maximum atomic E-state index is 13.9. The summed E-state index contributed by atoms with van der Waals surface area (Å²) in [6, 6.07) is 7.67. The minimum Gasteiger partial charge on any atom is -0.355 e. The molecule has 0 saturated carbocycles. The SMILES string of the molecule is CC(=O)N1CCCC1c1cn(-c2ncn3c2c(=O)n(C2(C)CCCO2)c2ccccc23)nn1. The second-order valence-corrected chi connectivity index (χ2v) is 9.00. The molecular formula is C23H25N7O3. The highest BCUT2D eigenvalue weighted by atomic mass is 16.5. The number of ether oxygens (including phenoxy) is 1. The third-order valence-electron chi connectivity index (χ3n) is 6.93. The first-order valence-corrected chi connectivity index (χ1v) is 11.3. The van der Waals surface area contributed by atoms with Gasteiger partial charge in [-0.05, 0) is 44.7 Å². The topological polar surface area (TPSA) is 99.6 Å². The number of benzene rings is 1. The van der Waals surface area contributed by atoms with Crippen molar-refractivity contribution in [3.8, 4) is 5.82 Å². The Labute approximate surface area is 189 Å². The second-order valence-electron chi connectivity index (χ2n) is 9.00. The fourth-order valence-electron chi connectivity index (χ4n) is 5.35. The number of carbonyl (C=O) groups is 1. The van der Waals surface area contributed by atoms with Crippen molar-refractivity contribution in [1.82, 2.24) is 33.8 Å². The van der Waals surface area contributed by atoms with Crippen LogP contribution in [0.25, 0.3) is 22.4 Å². The Hall–Kier alpha value is -3.53. The number of likely N-dealkylation sites (tertiary alicyclic amines) is 1. The Morgan fingerprint density at radius 1 is 1.21 bits per heavy atom. The lowest BCUT2D eigenvalue weighted by Crippen LogP contribution is -2.39. The average Bonchev–Trinajstić information content (AvgIpc) is 3.58. The predicted molar refractivity (Wildman–Crippen MR) is 120 cm³/mol. The van der Waals surface area contributed by atoms with Crippen LogP contribution in [0.5, 0.6) is 0 Å². The number of carbonyl (C=O) groups excluding carboxylic acids is 1. The summed E-state index contributed by atoms with van der Waals surface area (Å²) in [5.41, 5.74) is 1.87. The van der Waals surface area contributed by atoms with E-state index in [1.165, 1.54) is 0 Å². The molecule has 2 aliphatic rings. The molecule has 33 heavy (non-hydrogen) atoms. The zero-order valence-corrected chi connectivity index (χ0v) is 18.6. The van der Waals surface area contributed by atoms with Crippen molar-refractivity contribution in [2.45, 2.75) is 51.3 Å². The van der Waals surface area contributed by atoms with Crippen molar-refractivity contribution < 1.29 is 9.53 Å². The number of amides is 1. The van der Waals surface area contributed by atoms with Gasteiger partial charge in [-0.15, -0.1) is 5.10 Å². The van der Waals surface area contributed by atoms with Gasteiger partial charge in [0.2, 0.25) is 5.91 Å². The van der Waals surface area contributed by atoms with Crippen LogP contribution >= 0.6 is 0 Å². The molecule has 4 aromatic rings. The van der Waals surface area contributed by atoms with Gasteiger partial charge in [0.25, 0.3) is 5.56 Å². The summed E-state index contributed by atoms with van der Waals surface area (Å²) in [5.74, 6) is 0.436. The number of hydrogen-bond acceptors (Lipinski definition) is 6. The van der Waals surface area contributed by atoms with E-state index in [0.717, 1.165) is 43.3 Å². The number of rotatable bonds is 3. The lowest BCUT2D eigenvalue weighted by Gasteiger charge is -2.28. The highest BCUT2D eigenvalue weighted by molar-refractivity contribution is 5.81. The van der Waals surface area contributed by atoms with E-state index in [9.17, 15) is 9.59 Å². The van der Waals surface area contributed by atoms with Crippen LogP contribution in [0.4, 0.5) is 0 Å². The Bertz CT molecular complexity index is 1440. The van der Waals surface area contributed by atoms with Gasteiger partial charge < -0.3 is 9.64 Å². The van der Waals surface area contributed by atoms with E-state index in [1.807, 2.05) is 36.1 Å². The molecule has 5 heterocycles. The number of aromatic nitrogens is 6. The first-order chi connectivity index (χ1) is 16.0. The van der Waals surface area contributed by atoms with E-state index < -0.39 is 5.72 Å². The highest BCUT2D eigenvalue weighted by Gasteiger charge is 2.36. The fourth-order valence-corrected chi connectivity index (χ4v) is 5.35. The molecule has 6 rings (SSSR count). The summed E-state index contributed by atoms with van der Waals surface area (Å²) in [5, 5.41) is 8.62. The van der Waals surface area contributed by atoms with Crippen LogP contribution in [-0.2, 0) is 15.3 Å². The van der Waals surface area contributed by atoms with E-state index in [2.05, 4.69) is 15.3 Å². The van der Waals surface area contributed by atoms with Gasteiger partial charge >= 0.3 is 0 Å². The van der Waals surface area contributed by atoms with Gasteiger partial charge in [0.05, 0.1) is 23.3 Å². The molecule has 2 saturated heterocycles. The van der Waals surface area contributed by atoms with Crippen molar-refractivity contribution >= 4 is 22.5 Å². The van der Waals surface area contributed by atoms with Crippen LogP contribution in [-0.4, -0.2) is 52.9 Å². The predicted octanol–water partition coefficient (Wildman–Crippen LogP) is 2.40. The smallest absolute Gasteiger partial charge is 0.281 e. The standard InChI is InChI=1S/C23H25N7O3/c1-15(31)27-11-5-9-17(27)16-13-29(26-25-16)21-20-22(32)30(23(2)10-6-12-33-23)19-8-4-3-7-18(19)28(20)14-24-21/h3-4,7-8,13-14,17H,5-6,9-12H2,1-2H3. The maximum absolute atomic E-state index is 13.9. The summed E-state index contributed by atoms with van der Waals surface area (Å²) in [6.07, 6.45) is 6.85. The lowest BCUT2D eigenvalue weighted by atomic mass is 10.1. The molecule has 170 valence electrons. The third-order valence-corrected chi connectivity index (χ3v) is 6.93. The molecule has 0 N–H and O–H groups in total. The molecule has 3 aromatic heterocycles. The van der Waals surface area contributed by atoms with Crippen molar-refractivity contribution in [3.05, 3.63) is 52.8 Å². The first-order valence-electron chi connectivity index (χ1n) is 11.3. The van der Waals surface area contributed by atoms with Gasteiger partial charge in [-0.1, -0.05) is 17.3 Å². The van der Waals surface area contributed by atoms with Crippen LogP contribution in [0.1, 0.15) is 51.3 Å². The number of para-hydroxylation sites is 2. The first kappa shape index (κ1) is 20.1. The van der Waals surface area contributed by atoms with E-state index in [0.29, 0.717) is 23.6 Å². The van der Waals surface area contributed by atoms with E-state index >= 15 is 0 Å². The van der Waals surface area contributed by atoms with Gasteiger partial charge in [-0.2, -0.15) is 4.68 Å². The van der Waals surface area contributed by atoms with E-state index in [-0.39, 0.29) is 17.5 Å². The van der Waals surface area contributed by atoms with Crippen LogP contribution in [0, 0.1) is 0 Å². The zero-order chi connectivity index (χ0) is 22.7. The molecule has 2 aliphatic heterocycles. The van der Waals surface area contributed by atoms with Gasteiger partial charge in [-0.25, -0.2) is 4.98 Å². The second kappa shape index (κ2) is 7.24. The largest absolute Gasteiger partial charge is 0.355 e. The van der Waals surface area contributed by atoms with Crippen LogP contribution in [0.3, 0.4) is 0 Å². The summed E-state index contributed by atoms with van der Waals surface area (Å²) >= 11 is 0. The molecule has 1 aromatic carbocycles. The quantitative estimate of drug-likeness (QED) is 0.478. The van der Waals surface area contributed by atoms with Gasteiger partial charge in [0.15, 0.2) is 11.3 Å². The average molecular weight is 447 g/mol. The molecule has 2 fully saturated rings. The molecule has 1 amide bonds. The third kappa shape index (κ3) is 2.93. The molecule has 10 nitrogen and oxygen atoms in total. The van der Waals surface area contributed by atoms with Crippen molar-refractivity contribution in [1.29, 1.82) is 0 Å². The summed E-state index contributed by atoms with van der Waals surface area (Å²) < 4.78 is 11.2. The van der Waals surface area contributed by atoms with Crippen molar-refractivity contribution in [2.24, 2.45) is 0 Å². The zero-order valence-electron chi connectivity index (χ0n) is 18.6. The van der Waals surface area contributed by atoms with Gasteiger partial charge in [-0.3, -0.25) is 18.6 Å². The molecule has 10 heteroatoms. The van der Waals surface area contributed by atoms with E-state index in [4.69, 9.17) is 4.74 Å². The minimum atomic E-state index is -0.723. The Morgan fingerprint density at radius 3 is 2.79 bits per heavy atom. The molecule has 0 spiro atoms. The summed E-state index contributed by atoms with van der Waals surface area (Å²) in [7, 11) is 0. The lowest BCUT2D eigenvalue weighted by molar-refractivity contribution is -0.129. The monoisotopic (exact) mass is 447 g/mol. The number of hydrogen-bond donors (Lipinski definition) is 0. The van der Waals surface area contributed by atoms with Crippen molar-refractivity contribution in [2.75, 3.05) is 13.2 Å². The molecule has 2 atom stereocenters. The Balaban J connectivity index is 1.55. The Kier molecular flexibility index (Phi) is 4.41. The minimum absolute atomic E-state index is 0.0265. The normalized spacial score (nSPS) is 23.2. The number of nitrogens with zero attached hydrogens (tertiary/aromatic N) is 7. The highest BCUT2D eigenvalue weighted by Crippen LogP contribution is 2.33. The maximum Gasteiger partial charge on any atom is 0.281 e. The van der Waals surface area contributed by atoms with Crippen LogP contribution in [0.15, 0.2) is 41.6 Å². The Morgan fingerprint density at radius 2 is 2.03 bits per heavy atom. The molecule has 2 unspecified atom stereocenters. The molecule has 0 radical (unpaired) electrons. The fraction of sp³-hybridized carbons (Fsp3) is 0.435. The molecule has 0 aliphatic carbocycles. The van der Waals surface area contributed by atoms with Gasteiger partial charge in [0.1, 0.15) is 17.7 Å². The molecule has 0 bridgehead atoms. The van der Waals surface area contributed by atoms with E-state index in [1.54, 1.807) is 33.1 Å². The van der Waals surface area contributed by atoms with Crippen LogP contribution < -0.4 is 5.56 Å². The number of imidazole rings is 1.